The van der Waals surface area contributed by atoms with E-state index in [1.54, 1.807) is 10.9 Å². The van der Waals surface area contributed by atoms with Gasteiger partial charge in [0.05, 0.1) is 12.5 Å². The summed E-state index contributed by atoms with van der Waals surface area (Å²) in [6, 6.07) is 1.86. The van der Waals surface area contributed by atoms with Gasteiger partial charge in [-0.3, -0.25) is 14.3 Å². The topological polar surface area (TPSA) is 84.2 Å². The molecule has 1 fully saturated rings. The highest BCUT2D eigenvalue weighted by molar-refractivity contribution is 5.79. The second-order valence-corrected chi connectivity index (χ2v) is 5.52. The number of carbonyl (C=O) groups is 2. The highest BCUT2D eigenvalue weighted by Crippen LogP contribution is 2.29. The molecule has 1 unspecified atom stereocenters. The molecule has 1 atom stereocenters. The van der Waals surface area contributed by atoms with Crippen molar-refractivity contribution in [3.05, 3.63) is 18.5 Å². The second kappa shape index (κ2) is 6.54. The van der Waals surface area contributed by atoms with E-state index in [9.17, 15) is 9.59 Å². The quantitative estimate of drug-likeness (QED) is 0.850. The summed E-state index contributed by atoms with van der Waals surface area (Å²) in [5, 5.41) is 16.0. The number of carboxylic acids is 1. The average Bonchev–Trinajstić information content (AvgIpc) is 2.91. The molecule has 1 aromatic heterocycles. The van der Waals surface area contributed by atoms with Crippen LogP contribution < -0.4 is 5.32 Å². The number of nitrogens with one attached hydrogen (secondary N) is 1. The van der Waals surface area contributed by atoms with Crippen molar-refractivity contribution < 1.29 is 14.7 Å². The standard InChI is InChI=1S/C14H21N3O3/c1-10(9-17-8-2-7-15-17)16-13(18)11-3-5-12(6-4-11)14(19)20/h2,7-8,10-12H,3-6,9H2,1H3,(H,16,18)(H,19,20). The van der Waals surface area contributed by atoms with E-state index in [4.69, 9.17) is 5.11 Å². The molecule has 20 heavy (non-hydrogen) atoms. The number of carboxylic acid groups (broad SMARTS) is 1. The fourth-order valence-corrected chi connectivity index (χ4v) is 2.70. The fourth-order valence-electron chi connectivity index (χ4n) is 2.70. The Morgan fingerprint density at radius 1 is 1.35 bits per heavy atom. The Morgan fingerprint density at radius 2 is 2.00 bits per heavy atom. The molecule has 1 heterocycles. The summed E-state index contributed by atoms with van der Waals surface area (Å²) in [5.41, 5.74) is 0. The molecule has 0 saturated heterocycles. The molecule has 110 valence electrons. The lowest BCUT2D eigenvalue weighted by Gasteiger charge is -2.26. The Bertz CT molecular complexity index is 450. The van der Waals surface area contributed by atoms with Gasteiger partial charge in [0.1, 0.15) is 0 Å². The average molecular weight is 279 g/mol. The van der Waals surface area contributed by atoms with Crippen LogP contribution in [0.5, 0.6) is 0 Å². The van der Waals surface area contributed by atoms with Gasteiger partial charge >= 0.3 is 5.97 Å². The van der Waals surface area contributed by atoms with E-state index < -0.39 is 5.97 Å². The maximum Gasteiger partial charge on any atom is 0.306 e. The van der Waals surface area contributed by atoms with Gasteiger partial charge < -0.3 is 10.4 Å². The zero-order valence-corrected chi connectivity index (χ0v) is 11.7. The van der Waals surface area contributed by atoms with Crippen molar-refractivity contribution in [1.82, 2.24) is 15.1 Å². The first-order chi connectivity index (χ1) is 9.56. The highest BCUT2D eigenvalue weighted by atomic mass is 16.4. The highest BCUT2D eigenvalue weighted by Gasteiger charge is 2.30. The summed E-state index contributed by atoms with van der Waals surface area (Å²) >= 11 is 0. The van der Waals surface area contributed by atoms with Crippen LogP contribution in [0, 0.1) is 11.8 Å². The molecule has 0 aliphatic heterocycles. The summed E-state index contributed by atoms with van der Waals surface area (Å²) in [7, 11) is 0. The largest absolute Gasteiger partial charge is 0.481 e. The van der Waals surface area contributed by atoms with Gasteiger partial charge in [0.25, 0.3) is 0 Å². The third kappa shape index (κ3) is 3.82. The number of amides is 1. The first-order valence-electron chi connectivity index (χ1n) is 7.07. The lowest BCUT2D eigenvalue weighted by Crippen LogP contribution is -2.41. The molecule has 0 spiro atoms. The minimum atomic E-state index is -0.740. The lowest BCUT2D eigenvalue weighted by atomic mass is 9.81. The van der Waals surface area contributed by atoms with E-state index in [-0.39, 0.29) is 23.8 Å². The number of nitrogens with zero attached hydrogens (tertiary/aromatic N) is 2. The minimum absolute atomic E-state index is 0.0135. The van der Waals surface area contributed by atoms with Crippen molar-refractivity contribution in [2.75, 3.05) is 0 Å². The van der Waals surface area contributed by atoms with E-state index in [0.717, 1.165) is 0 Å². The zero-order chi connectivity index (χ0) is 14.5. The van der Waals surface area contributed by atoms with Crippen molar-refractivity contribution in [2.24, 2.45) is 11.8 Å². The van der Waals surface area contributed by atoms with E-state index in [1.165, 1.54) is 0 Å². The number of aromatic nitrogens is 2. The van der Waals surface area contributed by atoms with Crippen LogP contribution in [-0.2, 0) is 16.1 Å². The number of hydrogen-bond donors (Lipinski definition) is 2. The van der Waals surface area contributed by atoms with Crippen LogP contribution in [0.4, 0.5) is 0 Å². The predicted molar refractivity (Wildman–Crippen MR) is 72.9 cm³/mol. The summed E-state index contributed by atoms with van der Waals surface area (Å²) < 4.78 is 1.78. The Hall–Kier alpha value is -1.85. The van der Waals surface area contributed by atoms with Gasteiger partial charge in [0, 0.05) is 24.4 Å². The number of carbonyl (C=O) groups excluding carboxylic acids is 1. The molecule has 6 heteroatoms. The summed E-state index contributed by atoms with van der Waals surface area (Å²) in [6.45, 7) is 2.59. The van der Waals surface area contributed by atoms with Crippen LogP contribution in [-0.4, -0.2) is 32.8 Å². The molecule has 0 aromatic carbocycles. The maximum atomic E-state index is 12.1. The van der Waals surface area contributed by atoms with Crippen molar-refractivity contribution in [3.8, 4) is 0 Å². The molecule has 1 aliphatic rings. The first-order valence-corrected chi connectivity index (χ1v) is 7.07. The van der Waals surface area contributed by atoms with Gasteiger partial charge in [-0.15, -0.1) is 0 Å². The molecular weight excluding hydrogens is 258 g/mol. The Balaban J connectivity index is 1.76. The van der Waals surface area contributed by atoms with Gasteiger partial charge in [-0.05, 0) is 38.7 Å². The van der Waals surface area contributed by atoms with Crippen LogP contribution in [0.15, 0.2) is 18.5 Å². The van der Waals surface area contributed by atoms with Crippen molar-refractivity contribution in [3.63, 3.8) is 0 Å². The number of aliphatic carboxylic acids is 1. The van der Waals surface area contributed by atoms with E-state index >= 15 is 0 Å². The van der Waals surface area contributed by atoms with Crippen molar-refractivity contribution in [1.29, 1.82) is 0 Å². The van der Waals surface area contributed by atoms with E-state index in [2.05, 4.69) is 10.4 Å². The smallest absolute Gasteiger partial charge is 0.306 e. The van der Waals surface area contributed by atoms with Gasteiger partial charge in [0.15, 0.2) is 0 Å². The van der Waals surface area contributed by atoms with Crippen LogP contribution in [0.1, 0.15) is 32.6 Å². The van der Waals surface area contributed by atoms with Crippen LogP contribution >= 0.6 is 0 Å². The number of rotatable bonds is 5. The molecule has 1 saturated carbocycles. The zero-order valence-electron chi connectivity index (χ0n) is 11.7. The molecule has 6 nitrogen and oxygen atoms in total. The molecule has 0 bridgehead atoms. The van der Waals surface area contributed by atoms with Gasteiger partial charge in [0.2, 0.25) is 5.91 Å². The van der Waals surface area contributed by atoms with Gasteiger partial charge in [-0.2, -0.15) is 5.10 Å². The van der Waals surface area contributed by atoms with Crippen LogP contribution in [0.25, 0.3) is 0 Å². The van der Waals surface area contributed by atoms with Crippen LogP contribution in [0.3, 0.4) is 0 Å². The lowest BCUT2D eigenvalue weighted by molar-refractivity contribution is -0.144. The number of hydrogen-bond acceptors (Lipinski definition) is 3. The predicted octanol–water partition coefficient (Wildman–Crippen LogP) is 1.28. The molecular formula is C14H21N3O3. The third-order valence-corrected chi connectivity index (χ3v) is 3.86. The molecule has 2 rings (SSSR count). The Kier molecular flexibility index (Phi) is 4.76. The van der Waals surface area contributed by atoms with Crippen molar-refractivity contribution >= 4 is 11.9 Å². The van der Waals surface area contributed by atoms with E-state index in [0.29, 0.717) is 32.2 Å². The van der Waals surface area contributed by atoms with Gasteiger partial charge in [-0.25, -0.2) is 0 Å². The molecule has 1 aliphatic carbocycles. The Morgan fingerprint density at radius 3 is 2.55 bits per heavy atom. The molecule has 1 aromatic rings. The normalized spacial score (nSPS) is 24.1. The monoisotopic (exact) mass is 279 g/mol. The third-order valence-electron chi connectivity index (χ3n) is 3.86. The van der Waals surface area contributed by atoms with Gasteiger partial charge in [-0.1, -0.05) is 0 Å². The first kappa shape index (κ1) is 14.6. The van der Waals surface area contributed by atoms with Crippen molar-refractivity contribution in [2.45, 2.75) is 45.2 Å². The molecule has 0 radical (unpaired) electrons. The molecule has 1 amide bonds. The van der Waals surface area contributed by atoms with Crippen LogP contribution in [0.2, 0.25) is 0 Å². The summed E-state index contributed by atoms with van der Waals surface area (Å²) in [4.78, 5) is 23.0. The van der Waals surface area contributed by atoms with E-state index in [1.807, 2.05) is 19.2 Å². The fraction of sp³-hybridized carbons (Fsp3) is 0.643. The summed E-state index contributed by atoms with van der Waals surface area (Å²) in [6.07, 6.45) is 6.10. The minimum Gasteiger partial charge on any atom is -0.481 e. The summed E-state index contributed by atoms with van der Waals surface area (Å²) in [5.74, 6) is -1.03. The Labute approximate surface area is 118 Å². The SMILES string of the molecule is CC(Cn1cccn1)NC(=O)C1CCC(C(=O)O)CC1. The maximum absolute atomic E-state index is 12.1. The molecule has 2 N–H and O–H groups in total. The second-order valence-electron chi connectivity index (χ2n) is 5.52.